The minimum atomic E-state index is -0.208. The van der Waals surface area contributed by atoms with Gasteiger partial charge in [-0.2, -0.15) is 0 Å². The third kappa shape index (κ3) is 3.91. The number of benzene rings is 1. The molecule has 0 aromatic heterocycles. The fraction of sp³-hybridized carbons (Fsp3) is 0.467. The topological polar surface area (TPSA) is 18.5 Å². The first-order valence-corrected chi connectivity index (χ1v) is 6.42. The zero-order chi connectivity index (χ0) is 13.0. The Morgan fingerprint density at radius 2 is 2.06 bits per heavy atom. The molecule has 1 aliphatic heterocycles. The summed E-state index contributed by atoms with van der Waals surface area (Å²) in [6, 6.07) is 9.97. The molecule has 18 heavy (non-hydrogen) atoms. The fourth-order valence-corrected chi connectivity index (χ4v) is 2.28. The first-order chi connectivity index (χ1) is 8.55. The maximum absolute atomic E-state index is 5.86. The van der Waals surface area contributed by atoms with E-state index in [1.807, 2.05) is 30.3 Å². The van der Waals surface area contributed by atoms with E-state index in [9.17, 15) is 0 Å². The second-order valence-electron chi connectivity index (χ2n) is 5.33. The SMILES string of the molecule is CC1CC(C)(C)OB(CC#Cc2ccccc2)O1. The highest BCUT2D eigenvalue weighted by Crippen LogP contribution is 2.26. The maximum atomic E-state index is 5.86. The molecule has 3 heteroatoms. The molecular formula is C15H19BO2. The molecule has 1 atom stereocenters. The van der Waals surface area contributed by atoms with Gasteiger partial charge in [0.25, 0.3) is 0 Å². The van der Waals surface area contributed by atoms with Crippen LogP contribution >= 0.6 is 0 Å². The molecule has 0 aliphatic carbocycles. The van der Waals surface area contributed by atoms with Crippen LogP contribution in [0.4, 0.5) is 0 Å². The van der Waals surface area contributed by atoms with Crippen LogP contribution in [0.3, 0.4) is 0 Å². The van der Waals surface area contributed by atoms with E-state index in [4.69, 9.17) is 9.31 Å². The molecule has 94 valence electrons. The Labute approximate surface area is 110 Å². The lowest BCUT2D eigenvalue weighted by Gasteiger charge is -2.37. The van der Waals surface area contributed by atoms with Crippen LogP contribution < -0.4 is 0 Å². The van der Waals surface area contributed by atoms with Gasteiger partial charge in [-0.15, -0.1) is 5.92 Å². The van der Waals surface area contributed by atoms with Crippen molar-refractivity contribution in [3.8, 4) is 11.8 Å². The van der Waals surface area contributed by atoms with Crippen LogP contribution in [0.5, 0.6) is 0 Å². The van der Waals surface area contributed by atoms with E-state index >= 15 is 0 Å². The minimum absolute atomic E-state index is 0.114. The highest BCUT2D eigenvalue weighted by molar-refractivity contribution is 6.45. The van der Waals surface area contributed by atoms with Gasteiger partial charge in [0.2, 0.25) is 0 Å². The van der Waals surface area contributed by atoms with Crippen LogP contribution in [0.1, 0.15) is 32.8 Å². The van der Waals surface area contributed by atoms with Crippen molar-refractivity contribution >= 4 is 7.12 Å². The second-order valence-corrected chi connectivity index (χ2v) is 5.33. The summed E-state index contributed by atoms with van der Waals surface area (Å²) >= 11 is 0. The average Bonchev–Trinajstić information content (AvgIpc) is 2.27. The van der Waals surface area contributed by atoms with E-state index in [0.717, 1.165) is 12.0 Å². The normalized spacial score (nSPS) is 22.2. The smallest absolute Gasteiger partial charge is 0.408 e. The summed E-state index contributed by atoms with van der Waals surface area (Å²) in [5.74, 6) is 6.25. The van der Waals surface area contributed by atoms with Crippen molar-refractivity contribution < 1.29 is 9.31 Å². The van der Waals surface area contributed by atoms with Crippen molar-refractivity contribution in [2.45, 2.75) is 45.2 Å². The predicted octanol–water partition coefficient (Wildman–Crippen LogP) is 3.13. The monoisotopic (exact) mass is 242 g/mol. The Kier molecular flexibility index (Phi) is 4.11. The largest absolute Gasteiger partial charge is 0.470 e. The Hall–Kier alpha value is -1.24. The minimum Gasteiger partial charge on any atom is -0.408 e. The van der Waals surface area contributed by atoms with Gasteiger partial charge in [-0.25, -0.2) is 0 Å². The van der Waals surface area contributed by atoms with E-state index in [-0.39, 0.29) is 18.8 Å². The highest BCUT2D eigenvalue weighted by atomic mass is 16.6. The van der Waals surface area contributed by atoms with Crippen molar-refractivity contribution in [1.29, 1.82) is 0 Å². The summed E-state index contributed by atoms with van der Waals surface area (Å²) in [6.45, 7) is 6.29. The average molecular weight is 242 g/mol. The van der Waals surface area contributed by atoms with Gasteiger partial charge in [-0.05, 0) is 39.3 Å². The maximum Gasteiger partial charge on any atom is 0.470 e. The Balaban J connectivity index is 1.93. The summed E-state index contributed by atoms with van der Waals surface area (Å²) in [5, 5.41) is 0. The first kappa shape index (κ1) is 13.2. The molecule has 1 unspecified atom stereocenters. The van der Waals surface area contributed by atoms with Crippen molar-refractivity contribution in [2.75, 3.05) is 0 Å². The van der Waals surface area contributed by atoms with Crippen molar-refractivity contribution in [1.82, 2.24) is 0 Å². The predicted molar refractivity (Wildman–Crippen MR) is 74.2 cm³/mol. The fourth-order valence-electron chi connectivity index (χ4n) is 2.28. The molecule has 0 radical (unpaired) electrons. The zero-order valence-corrected chi connectivity index (χ0v) is 11.3. The lowest BCUT2D eigenvalue weighted by molar-refractivity contribution is -0.0274. The van der Waals surface area contributed by atoms with E-state index in [2.05, 4.69) is 32.6 Å². The van der Waals surface area contributed by atoms with Crippen LogP contribution in [0.15, 0.2) is 30.3 Å². The van der Waals surface area contributed by atoms with Gasteiger partial charge in [-0.3, -0.25) is 0 Å². The van der Waals surface area contributed by atoms with Gasteiger partial charge in [0, 0.05) is 18.0 Å². The Bertz CT molecular complexity index is 445. The van der Waals surface area contributed by atoms with Gasteiger partial charge in [0.05, 0.1) is 5.60 Å². The van der Waals surface area contributed by atoms with Crippen LogP contribution in [-0.2, 0) is 9.31 Å². The third-order valence-electron chi connectivity index (χ3n) is 2.89. The van der Waals surface area contributed by atoms with Crippen molar-refractivity contribution in [2.24, 2.45) is 0 Å². The summed E-state index contributed by atoms with van der Waals surface area (Å²) in [7, 11) is -0.208. The van der Waals surface area contributed by atoms with Crippen LogP contribution in [0.25, 0.3) is 0 Å². The molecule has 1 heterocycles. The second kappa shape index (κ2) is 5.60. The quantitative estimate of drug-likeness (QED) is 0.556. The van der Waals surface area contributed by atoms with Crippen LogP contribution in [0.2, 0.25) is 6.32 Å². The highest BCUT2D eigenvalue weighted by Gasteiger charge is 2.36. The number of hydrogen-bond donors (Lipinski definition) is 0. The summed E-state index contributed by atoms with van der Waals surface area (Å²) in [4.78, 5) is 0. The molecule has 0 amide bonds. The molecule has 2 rings (SSSR count). The molecule has 1 aromatic rings. The molecule has 1 saturated heterocycles. The van der Waals surface area contributed by atoms with Gasteiger partial charge in [0.15, 0.2) is 0 Å². The number of rotatable bonds is 1. The van der Waals surface area contributed by atoms with Gasteiger partial charge < -0.3 is 9.31 Å². The van der Waals surface area contributed by atoms with Gasteiger partial charge >= 0.3 is 7.12 Å². The van der Waals surface area contributed by atoms with Gasteiger partial charge in [0.1, 0.15) is 0 Å². The summed E-state index contributed by atoms with van der Waals surface area (Å²) in [6.07, 6.45) is 1.77. The molecule has 0 spiro atoms. The Morgan fingerprint density at radius 3 is 2.72 bits per heavy atom. The molecule has 0 N–H and O–H groups in total. The van der Waals surface area contributed by atoms with E-state index in [1.54, 1.807) is 0 Å². The lowest BCUT2D eigenvalue weighted by Crippen LogP contribution is -2.45. The van der Waals surface area contributed by atoms with Crippen molar-refractivity contribution in [3.05, 3.63) is 35.9 Å². The molecule has 2 nitrogen and oxygen atoms in total. The number of hydrogen-bond acceptors (Lipinski definition) is 2. The molecular weight excluding hydrogens is 223 g/mol. The standard InChI is InChI=1S/C15H19BO2/c1-13-12-15(2,3)18-16(17-13)11-7-10-14-8-5-4-6-9-14/h4-6,8-9,13H,11-12H2,1-3H3. The summed E-state index contributed by atoms with van der Waals surface area (Å²) < 4.78 is 11.6. The van der Waals surface area contributed by atoms with Crippen molar-refractivity contribution in [3.63, 3.8) is 0 Å². The molecule has 1 aliphatic rings. The molecule has 0 saturated carbocycles. The van der Waals surface area contributed by atoms with E-state index in [0.29, 0.717) is 6.32 Å². The molecule has 1 fully saturated rings. The van der Waals surface area contributed by atoms with Crippen LogP contribution in [-0.4, -0.2) is 18.8 Å². The Morgan fingerprint density at radius 1 is 1.33 bits per heavy atom. The molecule has 0 bridgehead atoms. The lowest BCUT2D eigenvalue weighted by atomic mass is 9.79. The van der Waals surface area contributed by atoms with Gasteiger partial charge in [-0.1, -0.05) is 24.1 Å². The zero-order valence-electron chi connectivity index (χ0n) is 11.3. The molecule has 1 aromatic carbocycles. The van der Waals surface area contributed by atoms with Crippen LogP contribution in [0, 0.1) is 11.8 Å². The first-order valence-electron chi connectivity index (χ1n) is 6.42. The summed E-state index contributed by atoms with van der Waals surface area (Å²) in [5.41, 5.74) is 0.914. The van der Waals surface area contributed by atoms with E-state index < -0.39 is 0 Å². The third-order valence-corrected chi connectivity index (χ3v) is 2.89. The van der Waals surface area contributed by atoms with E-state index in [1.165, 1.54) is 0 Å².